The highest BCUT2D eigenvalue weighted by Gasteiger charge is 2.41. The number of carbonyl (C=O) groups is 1. The van der Waals surface area contributed by atoms with Crippen molar-refractivity contribution in [3.63, 3.8) is 0 Å². The van der Waals surface area contributed by atoms with Crippen LogP contribution in [-0.2, 0) is 29.5 Å². The second-order valence-corrected chi connectivity index (χ2v) is 8.79. The number of carbonyl (C=O) groups excluding carboxylic acids is 1. The summed E-state index contributed by atoms with van der Waals surface area (Å²) in [6, 6.07) is 0.748. The van der Waals surface area contributed by atoms with Crippen LogP contribution in [0.25, 0.3) is 0 Å². The molecule has 0 amide bonds. The summed E-state index contributed by atoms with van der Waals surface area (Å²) in [6.45, 7) is 0. The van der Waals surface area contributed by atoms with Crippen LogP contribution in [0.3, 0.4) is 0 Å². The van der Waals surface area contributed by atoms with E-state index in [1.54, 1.807) is 0 Å². The van der Waals surface area contributed by atoms with Gasteiger partial charge in [0.05, 0.1) is 34.1 Å². The van der Waals surface area contributed by atoms with E-state index in [9.17, 15) is 57.5 Å². The molecule has 2 rings (SSSR count). The van der Waals surface area contributed by atoms with Crippen LogP contribution in [0.1, 0.15) is 45.2 Å². The van der Waals surface area contributed by atoms with Crippen LogP contribution in [0.15, 0.2) is 36.4 Å². The zero-order valence-electron chi connectivity index (χ0n) is 17.2. The molecule has 0 radical (unpaired) electrons. The summed E-state index contributed by atoms with van der Waals surface area (Å²) in [5.41, 5.74) is -8.49. The molecular weight excluding hydrogens is 656 g/mol. The standard InChI is InChI=1S/C21H12Br2F12O/c22-7-15(9-1-11(18(24,25)26)5-12(2-9)19(27,28)29)17(36)16(8-23)10-3-13(20(30,31)32)6-14(4-10)21(33,34)35/h1-6,15-16H,7-8H2. The molecule has 0 N–H and O–H groups in total. The van der Waals surface area contributed by atoms with E-state index < -0.39 is 86.4 Å². The second-order valence-electron chi connectivity index (χ2n) is 7.49. The zero-order chi connectivity index (χ0) is 27.9. The van der Waals surface area contributed by atoms with Crippen molar-refractivity contribution in [1.29, 1.82) is 0 Å². The monoisotopic (exact) mass is 666 g/mol. The zero-order valence-corrected chi connectivity index (χ0v) is 20.4. The normalized spacial score (nSPS) is 15.1. The Kier molecular flexibility index (Phi) is 8.92. The van der Waals surface area contributed by atoms with Gasteiger partial charge in [-0.2, -0.15) is 52.7 Å². The van der Waals surface area contributed by atoms with Gasteiger partial charge < -0.3 is 0 Å². The van der Waals surface area contributed by atoms with E-state index in [0.717, 1.165) is 0 Å². The number of benzene rings is 2. The fourth-order valence-corrected chi connectivity index (χ4v) is 4.65. The van der Waals surface area contributed by atoms with Crippen molar-refractivity contribution in [2.75, 3.05) is 10.7 Å². The Morgan fingerprint density at radius 3 is 0.917 bits per heavy atom. The highest BCUT2D eigenvalue weighted by Crippen LogP contribution is 2.41. The van der Waals surface area contributed by atoms with E-state index in [-0.39, 0.29) is 36.4 Å². The minimum Gasteiger partial charge on any atom is -0.298 e. The van der Waals surface area contributed by atoms with E-state index in [1.807, 2.05) is 0 Å². The summed E-state index contributed by atoms with van der Waals surface area (Å²) in [5, 5.41) is -1.14. The topological polar surface area (TPSA) is 17.1 Å². The van der Waals surface area contributed by atoms with E-state index in [1.165, 1.54) is 0 Å². The van der Waals surface area contributed by atoms with Crippen LogP contribution in [-0.4, -0.2) is 16.4 Å². The Hall–Kier alpha value is -1.77. The second kappa shape index (κ2) is 10.5. The van der Waals surface area contributed by atoms with Gasteiger partial charge >= 0.3 is 24.7 Å². The first kappa shape index (κ1) is 30.5. The molecule has 2 unspecified atom stereocenters. The predicted octanol–water partition coefficient (Wildman–Crippen LogP) is 8.99. The van der Waals surface area contributed by atoms with Gasteiger partial charge in [-0.25, -0.2) is 0 Å². The molecule has 0 saturated carbocycles. The lowest BCUT2D eigenvalue weighted by atomic mass is 9.83. The van der Waals surface area contributed by atoms with E-state index in [2.05, 4.69) is 31.9 Å². The third kappa shape index (κ3) is 7.17. The average Bonchev–Trinajstić information content (AvgIpc) is 2.72. The Balaban J connectivity index is 2.69. The Morgan fingerprint density at radius 2 is 0.750 bits per heavy atom. The highest BCUT2D eigenvalue weighted by atomic mass is 79.9. The smallest absolute Gasteiger partial charge is 0.298 e. The molecular formula is C21H12Br2F12O. The van der Waals surface area contributed by atoms with E-state index in [0.29, 0.717) is 0 Å². The molecule has 0 aromatic heterocycles. The summed E-state index contributed by atoms with van der Waals surface area (Å²) in [5.74, 6) is -4.76. The average molecular weight is 668 g/mol. The molecule has 2 aromatic rings. The number of hydrogen-bond donors (Lipinski definition) is 0. The van der Waals surface area contributed by atoms with Crippen molar-refractivity contribution in [2.24, 2.45) is 0 Å². The molecule has 0 bridgehead atoms. The predicted molar refractivity (Wildman–Crippen MR) is 111 cm³/mol. The summed E-state index contributed by atoms with van der Waals surface area (Å²) in [6.07, 6.45) is -21.0. The molecule has 0 spiro atoms. The first-order valence-electron chi connectivity index (χ1n) is 9.44. The van der Waals surface area contributed by atoms with Gasteiger partial charge in [-0.05, 0) is 47.5 Å². The number of Topliss-reactive ketones (excluding diaryl/α,β-unsaturated/α-hetero) is 1. The van der Waals surface area contributed by atoms with Crippen LogP contribution >= 0.6 is 31.9 Å². The highest BCUT2D eigenvalue weighted by molar-refractivity contribution is 9.09. The number of alkyl halides is 14. The van der Waals surface area contributed by atoms with Crippen molar-refractivity contribution in [1.82, 2.24) is 0 Å². The largest absolute Gasteiger partial charge is 0.416 e. The summed E-state index contributed by atoms with van der Waals surface area (Å²) >= 11 is 5.61. The first-order valence-corrected chi connectivity index (χ1v) is 11.7. The van der Waals surface area contributed by atoms with Gasteiger partial charge in [-0.3, -0.25) is 4.79 Å². The first-order chi connectivity index (χ1) is 16.2. The van der Waals surface area contributed by atoms with Crippen LogP contribution in [0, 0.1) is 0 Å². The van der Waals surface area contributed by atoms with Crippen molar-refractivity contribution >= 4 is 37.6 Å². The van der Waals surface area contributed by atoms with Gasteiger partial charge in [0, 0.05) is 10.7 Å². The fourth-order valence-electron chi connectivity index (χ4n) is 3.26. The molecule has 0 fully saturated rings. The van der Waals surface area contributed by atoms with Gasteiger partial charge in [0.25, 0.3) is 0 Å². The lowest BCUT2D eigenvalue weighted by molar-refractivity contribution is -0.144. The molecule has 2 atom stereocenters. The van der Waals surface area contributed by atoms with Gasteiger partial charge in [0.2, 0.25) is 0 Å². The molecule has 2 aromatic carbocycles. The number of halogens is 14. The van der Waals surface area contributed by atoms with Crippen LogP contribution in [0.2, 0.25) is 0 Å². The molecule has 0 aliphatic heterocycles. The molecule has 1 nitrogen and oxygen atoms in total. The van der Waals surface area contributed by atoms with Crippen molar-refractivity contribution in [3.8, 4) is 0 Å². The van der Waals surface area contributed by atoms with Crippen molar-refractivity contribution in [3.05, 3.63) is 69.8 Å². The van der Waals surface area contributed by atoms with Crippen LogP contribution in [0.4, 0.5) is 52.7 Å². The fraction of sp³-hybridized carbons (Fsp3) is 0.381. The number of rotatable bonds is 6. The molecule has 0 aliphatic carbocycles. The SMILES string of the molecule is O=C(C(CBr)c1cc(C(F)(F)F)cc(C(F)(F)F)c1)C(CBr)c1cc(C(F)(F)F)cc(C(F)(F)F)c1. The Bertz CT molecular complexity index is 950. The summed E-state index contributed by atoms with van der Waals surface area (Å²) in [4.78, 5) is 13.2. The van der Waals surface area contributed by atoms with Crippen LogP contribution in [0.5, 0.6) is 0 Å². The third-order valence-corrected chi connectivity index (χ3v) is 6.32. The van der Waals surface area contributed by atoms with Gasteiger partial charge in [0.15, 0.2) is 0 Å². The van der Waals surface area contributed by atoms with Gasteiger partial charge in [0.1, 0.15) is 5.78 Å². The maximum absolute atomic E-state index is 13.2. The number of hydrogen-bond acceptors (Lipinski definition) is 1. The summed E-state index contributed by atoms with van der Waals surface area (Å²) < 4.78 is 159. The molecule has 0 saturated heterocycles. The Morgan fingerprint density at radius 1 is 0.528 bits per heavy atom. The van der Waals surface area contributed by atoms with Crippen LogP contribution < -0.4 is 0 Å². The molecule has 36 heavy (non-hydrogen) atoms. The third-order valence-electron chi connectivity index (χ3n) is 5.02. The summed E-state index contributed by atoms with van der Waals surface area (Å²) in [7, 11) is 0. The molecule has 0 heterocycles. The quantitative estimate of drug-likeness (QED) is 0.222. The molecule has 15 heteroatoms. The lowest BCUT2D eigenvalue weighted by Gasteiger charge is -2.24. The van der Waals surface area contributed by atoms with E-state index in [4.69, 9.17) is 0 Å². The maximum atomic E-state index is 13.2. The lowest BCUT2D eigenvalue weighted by Crippen LogP contribution is -2.25. The van der Waals surface area contributed by atoms with Gasteiger partial charge in [-0.15, -0.1) is 0 Å². The van der Waals surface area contributed by atoms with E-state index >= 15 is 0 Å². The molecule has 0 aliphatic rings. The number of ketones is 1. The molecule has 200 valence electrons. The maximum Gasteiger partial charge on any atom is 0.416 e. The minimum absolute atomic E-state index is 0.177. The van der Waals surface area contributed by atoms with Crippen molar-refractivity contribution < 1.29 is 57.5 Å². The Labute approximate surface area is 212 Å². The van der Waals surface area contributed by atoms with Gasteiger partial charge in [-0.1, -0.05) is 31.9 Å². The van der Waals surface area contributed by atoms with Crippen molar-refractivity contribution in [2.45, 2.75) is 36.5 Å². The minimum atomic E-state index is -5.24.